The maximum atomic E-state index is 13.7. The van der Waals surface area contributed by atoms with Crippen molar-refractivity contribution in [1.82, 2.24) is 19.8 Å². The van der Waals surface area contributed by atoms with E-state index in [1.54, 1.807) is 42.3 Å². The van der Waals surface area contributed by atoms with Gasteiger partial charge in [-0.15, -0.1) is 0 Å². The lowest BCUT2D eigenvalue weighted by molar-refractivity contribution is -0.132. The highest BCUT2D eigenvalue weighted by Gasteiger charge is 2.22. The van der Waals surface area contributed by atoms with Crippen LogP contribution in [-0.4, -0.2) is 98.1 Å². The molecule has 2 heterocycles. The third-order valence-electron chi connectivity index (χ3n) is 8.81. The van der Waals surface area contributed by atoms with E-state index in [0.29, 0.717) is 70.7 Å². The number of hydrogen-bond acceptors (Lipinski definition) is 8. The van der Waals surface area contributed by atoms with E-state index in [4.69, 9.17) is 14.2 Å². The monoisotopic (exact) mass is 684 g/mol. The van der Waals surface area contributed by atoms with Gasteiger partial charge in [-0.25, -0.2) is 0 Å². The number of aryl methyl sites for hydroxylation is 1. The summed E-state index contributed by atoms with van der Waals surface area (Å²) in [6, 6.07) is 16.3. The molecule has 266 valence electrons. The third kappa shape index (κ3) is 8.92. The number of piperazine rings is 1. The Bertz CT molecular complexity index is 1800. The lowest BCUT2D eigenvalue weighted by atomic mass is 10.1. The van der Waals surface area contributed by atoms with Crippen molar-refractivity contribution in [3.63, 3.8) is 0 Å². The second kappa shape index (κ2) is 17.0. The van der Waals surface area contributed by atoms with Crippen LogP contribution in [0.3, 0.4) is 0 Å². The summed E-state index contributed by atoms with van der Waals surface area (Å²) in [5.74, 6) is 0.539. The molecule has 1 aliphatic heterocycles. The molecule has 2 N–H and O–H groups in total. The van der Waals surface area contributed by atoms with E-state index in [2.05, 4.69) is 27.2 Å². The predicted octanol–water partition coefficient (Wildman–Crippen LogP) is 5.91. The van der Waals surface area contributed by atoms with Crippen LogP contribution in [0.25, 0.3) is 11.0 Å². The summed E-state index contributed by atoms with van der Waals surface area (Å²) < 4.78 is 17.4. The Labute approximate surface area is 293 Å². The van der Waals surface area contributed by atoms with Crippen LogP contribution in [0.5, 0.6) is 17.5 Å². The topological polar surface area (TPSA) is 129 Å². The van der Waals surface area contributed by atoms with Gasteiger partial charge < -0.3 is 39.2 Å². The number of ether oxygens (including phenoxy) is 3. The summed E-state index contributed by atoms with van der Waals surface area (Å²) in [5.41, 5.74) is 4.00. The SMILES string of the molecule is CCCOc1nc2c(C(=O)Nc3ccc(C(=O)N(C)c4ccc(C)cc4OCCCCCC(=O)N4CCN(C)CC4)cc3OC)cccc2[nH]1. The largest absolute Gasteiger partial charge is 0.495 e. The molecule has 3 amide bonds. The van der Waals surface area contributed by atoms with Crippen LogP contribution < -0.4 is 24.4 Å². The van der Waals surface area contributed by atoms with E-state index in [9.17, 15) is 14.4 Å². The summed E-state index contributed by atoms with van der Waals surface area (Å²) in [6.07, 6.45) is 3.89. The van der Waals surface area contributed by atoms with Crippen LogP contribution in [0.15, 0.2) is 54.6 Å². The predicted molar refractivity (Wildman–Crippen MR) is 195 cm³/mol. The Morgan fingerprint density at radius 3 is 2.50 bits per heavy atom. The molecule has 12 heteroatoms. The van der Waals surface area contributed by atoms with Crippen molar-refractivity contribution in [1.29, 1.82) is 0 Å². The number of imidazole rings is 1. The molecule has 5 rings (SSSR count). The minimum absolute atomic E-state index is 0.227. The molecule has 4 aromatic rings. The first kappa shape index (κ1) is 36.2. The van der Waals surface area contributed by atoms with Gasteiger partial charge in [-0.2, -0.15) is 4.98 Å². The lowest BCUT2D eigenvalue weighted by Crippen LogP contribution is -2.47. The fraction of sp³-hybridized carbons (Fsp3) is 0.421. The molecular weight excluding hydrogens is 636 g/mol. The normalized spacial score (nSPS) is 13.3. The van der Waals surface area contributed by atoms with Gasteiger partial charge in [0, 0.05) is 45.2 Å². The average Bonchev–Trinajstić information content (AvgIpc) is 3.55. The summed E-state index contributed by atoms with van der Waals surface area (Å²) in [7, 11) is 5.27. The van der Waals surface area contributed by atoms with Crippen molar-refractivity contribution in [2.75, 3.05) is 70.8 Å². The molecule has 0 aliphatic carbocycles. The first-order chi connectivity index (χ1) is 24.2. The number of benzene rings is 3. The van der Waals surface area contributed by atoms with Crippen molar-refractivity contribution in [2.24, 2.45) is 0 Å². The number of carbonyl (C=O) groups excluding carboxylic acids is 3. The van der Waals surface area contributed by atoms with E-state index in [1.165, 1.54) is 7.11 Å². The lowest BCUT2D eigenvalue weighted by Gasteiger charge is -2.32. The fourth-order valence-corrected chi connectivity index (χ4v) is 5.85. The molecular formula is C38H48N6O6. The number of methoxy groups -OCH3 is 1. The van der Waals surface area contributed by atoms with Crippen LogP contribution in [0.2, 0.25) is 0 Å². The van der Waals surface area contributed by atoms with Crippen molar-refractivity contribution >= 4 is 40.1 Å². The Kier molecular flexibility index (Phi) is 12.3. The quantitative estimate of drug-likeness (QED) is 0.148. The van der Waals surface area contributed by atoms with E-state index < -0.39 is 0 Å². The number of hydrogen-bond donors (Lipinski definition) is 2. The van der Waals surface area contributed by atoms with Gasteiger partial charge in [0.2, 0.25) is 5.91 Å². The molecule has 0 spiro atoms. The zero-order valence-corrected chi connectivity index (χ0v) is 29.7. The Morgan fingerprint density at radius 1 is 0.940 bits per heavy atom. The molecule has 3 aromatic carbocycles. The molecule has 0 atom stereocenters. The number of aromatic nitrogens is 2. The van der Waals surface area contributed by atoms with E-state index in [1.807, 2.05) is 43.0 Å². The number of carbonyl (C=O) groups is 3. The number of para-hydroxylation sites is 1. The van der Waals surface area contributed by atoms with Gasteiger partial charge in [0.1, 0.15) is 17.0 Å². The number of unbranched alkanes of at least 4 members (excludes halogenated alkanes) is 2. The number of likely N-dealkylation sites (N-methyl/N-ethyl adjacent to an activating group) is 1. The number of fused-ring (bicyclic) bond motifs is 1. The molecule has 12 nitrogen and oxygen atoms in total. The van der Waals surface area contributed by atoms with Gasteiger partial charge in [-0.1, -0.05) is 19.1 Å². The highest BCUT2D eigenvalue weighted by molar-refractivity contribution is 6.12. The molecule has 0 bridgehead atoms. The number of aromatic amines is 1. The van der Waals surface area contributed by atoms with Gasteiger partial charge in [0.05, 0.1) is 42.8 Å². The van der Waals surface area contributed by atoms with Gasteiger partial charge in [-0.05, 0) is 87.7 Å². The summed E-state index contributed by atoms with van der Waals surface area (Å²) in [5, 5.41) is 2.90. The number of amides is 3. The second-order valence-electron chi connectivity index (χ2n) is 12.6. The third-order valence-corrected chi connectivity index (χ3v) is 8.81. The highest BCUT2D eigenvalue weighted by Crippen LogP contribution is 2.32. The number of nitrogens with one attached hydrogen (secondary N) is 2. The van der Waals surface area contributed by atoms with E-state index >= 15 is 0 Å². The van der Waals surface area contributed by atoms with Crippen LogP contribution in [0.1, 0.15) is 65.3 Å². The molecule has 50 heavy (non-hydrogen) atoms. The van der Waals surface area contributed by atoms with Crippen LogP contribution >= 0.6 is 0 Å². The fourth-order valence-electron chi connectivity index (χ4n) is 5.85. The average molecular weight is 685 g/mol. The molecule has 0 unspecified atom stereocenters. The number of H-pyrrole nitrogens is 1. The van der Waals surface area contributed by atoms with E-state index in [-0.39, 0.29) is 17.7 Å². The van der Waals surface area contributed by atoms with Gasteiger partial charge in [-0.3, -0.25) is 14.4 Å². The van der Waals surface area contributed by atoms with Crippen molar-refractivity contribution in [3.8, 4) is 17.5 Å². The van der Waals surface area contributed by atoms with Crippen molar-refractivity contribution < 1.29 is 28.6 Å². The van der Waals surface area contributed by atoms with Crippen molar-refractivity contribution in [3.05, 3.63) is 71.3 Å². The molecule has 1 saturated heterocycles. The smallest absolute Gasteiger partial charge is 0.294 e. The van der Waals surface area contributed by atoms with E-state index in [0.717, 1.165) is 57.4 Å². The molecule has 1 fully saturated rings. The zero-order chi connectivity index (χ0) is 35.6. The van der Waals surface area contributed by atoms with Gasteiger partial charge in [0.15, 0.2) is 0 Å². The highest BCUT2D eigenvalue weighted by atomic mass is 16.5. The minimum Gasteiger partial charge on any atom is -0.495 e. The van der Waals surface area contributed by atoms with Crippen LogP contribution in [0, 0.1) is 6.92 Å². The number of anilines is 2. The van der Waals surface area contributed by atoms with Gasteiger partial charge >= 0.3 is 0 Å². The van der Waals surface area contributed by atoms with Gasteiger partial charge in [0.25, 0.3) is 17.8 Å². The minimum atomic E-state index is -0.373. The summed E-state index contributed by atoms with van der Waals surface area (Å²) in [6.45, 7) is 8.42. The first-order valence-electron chi connectivity index (χ1n) is 17.3. The van der Waals surface area contributed by atoms with Crippen LogP contribution in [-0.2, 0) is 4.79 Å². The first-order valence-corrected chi connectivity index (χ1v) is 17.3. The van der Waals surface area contributed by atoms with Crippen LogP contribution in [0.4, 0.5) is 11.4 Å². The zero-order valence-electron chi connectivity index (χ0n) is 29.7. The standard InChI is InChI=1S/C38H48N6O6/c1-6-22-50-38-40-30-12-10-11-28(35(30)41-38)36(46)39-29-16-15-27(25-32(29)48-5)37(47)43(4)31-17-14-26(2)24-33(31)49-23-9-7-8-13-34(45)44-20-18-42(3)19-21-44/h10-12,14-17,24-25H,6-9,13,18-23H2,1-5H3,(H,39,46)(H,40,41). The molecule has 0 saturated carbocycles. The maximum absolute atomic E-state index is 13.7. The number of nitrogens with zero attached hydrogens (tertiary/aromatic N) is 4. The Balaban J connectivity index is 1.19. The molecule has 1 aliphatic rings. The molecule has 0 radical (unpaired) electrons. The Hall–Kier alpha value is -5.10. The number of rotatable bonds is 15. The van der Waals surface area contributed by atoms with Crippen molar-refractivity contribution in [2.45, 2.75) is 46.0 Å². The second-order valence-corrected chi connectivity index (χ2v) is 12.6. The summed E-state index contributed by atoms with van der Waals surface area (Å²) in [4.78, 5) is 52.9. The molecule has 1 aromatic heterocycles. The Morgan fingerprint density at radius 2 is 1.74 bits per heavy atom. The summed E-state index contributed by atoms with van der Waals surface area (Å²) >= 11 is 0. The maximum Gasteiger partial charge on any atom is 0.294 e.